The summed E-state index contributed by atoms with van der Waals surface area (Å²) in [6, 6.07) is 10.6. The van der Waals surface area contributed by atoms with Crippen molar-refractivity contribution in [2.75, 3.05) is 31.1 Å². The molecule has 110 valence electrons. The quantitative estimate of drug-likeness (QED) is 0.945. The van der Waals surface area contributed by atoms with Crippen LogP contribution in [0, 0.1) is 0 Å². The molecule has 0 saturated carbocycles. The lowest BCUT2D eigenvalue weighted by atomic mass is 10.2. The summed E-state index contributed by atoms with van der Waals surface area (Å²) in [5.41, 5.74) is 2.53. The molecule has 0 amide bonds. The fourth-order valence-electron chi connectivity index (χ4n) is 2.42. The number of benzene rings is 1. The highest BCUT2D eigenvalue weighted by atomic mass is 35.5. The summed E-state index contributed by atoms with van der Waals surface area (Å²) in [4.78, 5) is 12.1. The van der Waals surface area contributed by atoms with Crippen LogP contribution in [0.1, 0.15) is 5.69 Å². The van der Waals surface area contributed by atoms with Crippen LogP contribution in [0.5, 0.6) is 0 Å². The first-order valence-corrected chi connectivity index (χ1v) is 6.41. The highest BCUT2D eigenvalue weighted by Crippen LogP contribution is 2.16. The molecule has 0 radical (unpaired) electrons. The number of para-hydroxylation sites is 1. The van der Waals surface area contributed by atoms with Crippen molar-refractivity contribution in [3.05, 3.63) is 48.5 Å². The lowest BCUT2D eigenvalue weighted by Crippen LogP contribution is -2.46. The number of hydrogen-bond acceptors (Lipinski definition) is 3. The molecule has 1 aliphatic rings. The van der Waals surface area contributed by atoms with Crippen molar-refractivity contribution in [2.24, 2.45) is 0 Å². The normalized spacial score (nSPS) is 15.3. The maximum Gasteiger partial charge on any atom is 0.0922 e. The maximum atomic E-state index is 4.06. The van der Waals surface area contributed by atoms with Gasteiger partial charge in [-0.3, -0.25) is 4.90 Å². The second-order valence-corrected chi connectivity index (χ2v) is 4.68. The van der Waals surface area contributed by atoms with Crippen molar-refractivity contribution in [3.63, 3.8) is 0 Å². The molecule has 1 saturated heterocycles. The van der Waals surface area contributed by atoms with Crippen molar-refractivity contribution >= 4 is 30.5 Å². The first kappa shape index (κ1) is 16.8. The molecule has 6 heteroatoms. The van der Waals surface area contributed by atoms with Crippen LogP contribution >= 0.6 is 24.8 Å². The van der Waals surface area contributed by atoms with Crippen LogP contribution in [-0.2, 0) is 6.54 Å². The Bertz CT molecular complexity index is 467. The van der Waals surface area contributed by atoms with E-state index in [0.29, 0.717) is 0 Å². The molecule has 0 unspecified atom stereocenters. The van der Waals surface area contributed by atoms with Gasteiger partial charge in [-0.15, -0.1) is 24.8 Å². The third kappa shape index (κ3) is 4.13. The number of anilines is 1. The molecular formula is C14H20Cl2N4. The predicted octanol–water partition coefficient (Wildman–Crippen LogP) is 2.58. The number of hydrogen-bond donors (Lipinski definition) is 1. The number of nitrogens with one attached hydrogen (secondary N) is 1. The van der Waals surface area contributed by atoms with Gasteiger partial charge in [0.1, 0.15) is 0 Å². The monoisotopic (exact) mass is 314 g/mol. The van der Waals surface area contributed by atoms with Crippen LogP contribution < -0.4 is 4.90 Å². The van der Waals surface area contributed by atoms with Gasteiger partial charge in [0.25, 0.3) is 0 Å². The SMILES string of the molecule is Cl.Cl.c1ccc(N2CCN(Cc3cnc[nH]3)CC2)cc1. The zero-order valence-corrected chi connectivity index (χ0v) is 12.9. The summed E-state index contributed by atoms with van der Waals surface area (Å²) >= 11 is 0. The van der Waals surface area contributed by atoms with Crippen molar-refractivity contribution in [1.82, 2.24) is 14.9 Å². The Hall–Kier alpha value is -1.23. The van der Waals surface area contributed by atoms with E-state index >= 15 is 0 Å². The van der Waals surface area contributed by atoms with E-state index in [0.717, 1.165) is 32.7 Å². The minimum Gasteiger partial charge on any atom is -0.369 e. The van der Waals surface area contributed by atoms with Gasteiger partial charge in [-0.25, -0.2) is 4.98 Å². The van der Waals surface area contributed by atoms with Crippen LogP contribution in [0.3, 0.4) is 0 Å². The Morgan fingerprint density at radius 2 is 1.70 bits per heavy atom. The standard InChI is InChI=1S/C14H18N4.2ClH/c1-2-4-14(5-3-1)18-8-6-17(7-9-18)11-13-10-15-12-16-13;;/h1-5,10,12H,6-9,11H2,(H,15,16);2*1H. The van der Waals surface area contributed by atoms with E-state index in [1.807, 2.05) is 6.20 Å². The Balaban J connectivity index is 0.000001000. The number of rotatable bonds is 3. The molecule has 0 atom stereocenters. The van der Waals surface area contributed by atoms with Crippen LogP contribution in [-0.4, -0.2) is 41.0 Å². The number of piperazine rings is 1. The summed E-state index contributed by atoms with van der Waals surface area (Å²) in [7, 11) is 0. The molecule has 0 aliphatic carbocycles. The second kappa shape index (κ2) is 8.15. The molecule has 0 spiro atoms. The Kier molecular flexibility index (Phi) is 6.85. The molecule has 2 aromatic rings. The molecule has 0 bridgehead atoms. The van der Waals surface area contributed by atoms with Gasteiger partial charge in [0.15, 0.2) is 0 Å². The molecule has 20 heavy (non-hydrogen) atoms. The smallest absolute Gasteiger partial charge is 0.0922 e. The largest absolute Gasteiger partial charge is 0.369 e. The summed E-state index contributed by atoms with van der Waals surface area (Å²) in [6.07, 6.45) is 3.65. The maximum absolute atomic E-state index is 4.06. The molecule has 1 aromatic heterocycles. The van der Waals surface area contributed by atoms with Gasteiger partial charge in [0.05, 0.1) is 6.33 Å². The summed E-state index contributed by atoms with van der Waals surface area (Å²) in [5, 5.41) is 0. The van der Waals surface area contributed by atoms with E-state index in [1.54, 1.807) is 6.33 Å². The van der Waals surface area contributed by atoms with E-state index in [4.69, 9.17) is 0 Å². The van der Waals surface area contributed by atoms with Crippen molar-refractivity contribution in [2.45, 2.75) is 6.54 Å². The highest BCUT2D eigenvalue weighted by molar-refractivity contribution is 5.85. The van der Waals surface area contributed by atoms with E-state index in [1.165, 1.54) is 11.4 Å². The topological polar surface area (TPSA) is 35.2 Å². The van der Waals surface area contributed by atoms with Gasteiger partial charge in [0, 0.05) is 50.3 Å². The van der Waals surface area contributed by atoms with E-state index < -0.39 is 0 Å². The van der Waals surface area contributed by atoms with Crippen LogP contribution in [0.25, 0.3) is 0 Å². The summed E-state index contributed by atoms with van der Waals surface area (Å²) in [5.74, 6) is 0. The van der Waals surface area contributed by atoms with Gasteiger partial charge < -0.3 is 9.88 Å². The average Bonchev–Trinajstić information content (AvgIpc) is 2.94. The van der Waals surface area contributed by atoms with E-state index in [9.17, 15) is 0 Å². The number of nitrogens with zero attached hydrogens (tertiary/aromatic N) is 3. The minimum absolute atomic E-state index is 0. The highest BCUT2D eigenvalue weighted by Gasteiger charge is 2.17. The average molecular weight is 315 g/mol. The number of aromatic amines is 1. The van der Waals surface area contributed by atoms with E-state index in [2.05, 4.69) is 50.1 Å². The number of H-pyrrole nitrogens is 1. The fraction of sp³-hybridized carbons (Fsp3) is 0.357. The summed E-state index contributed by atoms with van der Waals surface area (Å²) in [6.45, 7) is 5.38. The van der Waals surface area contributed by atoms with Gasteiger partial charge in [-0.05, 0) is 12.1 Å². The lowest BCUT2D eigenvalue weighted by molar-refractivity contribution is 0.247. The molecule has 3 rings (SSSR count). The number of halogens is 2. The zero-order valence-electron chi connectivity index (χ0n) is 11.2. The van der Waals surface area contributed by atoms with Gasteiger partial charge in [-0.2, -0.15) is 0 Å². The molecule has 2 heterocycles. The van der Waals surface area contributed by atoms with Gasteiger partial charge >= 0.3 is 0 Å². The second-order valence-electron chi connectivity index (χ2n) is 4.68. The number of aromatic nitrogens is 2. The lowest BCUT2D eigenvalue weighted by Gasteiger charge is -2.35. The molecule has 1 fully saturated rings. The Labute approximate surface area is 132 Å². The summed E-state index contributed by atoms with van der Waals surface area (Å²) < 4.78 is 0. The van der Waals surface area contributed by atoms with Crippen molar-refractivity contribution < 1.29 is 0 Å². The first-order chi connectivity index (χ1) is 8.92. The molecular weight excluding hydrogens is 295 g/mol. The molecule has 1 N–H and O–H groups in total. The third-order valence-corrected chi connectivity index (χ3v) is 3.44. The Morgan fingerprint density at radius 3 is 2.30 bits per heavy atom. The van der Waals surface area contributed by atoms with Crippen molar-refractivity contribution in [1.29, 1.82) is 0 Å². The van der Waals surface area contributed by atoms with Crippen molar-refractivity contribution in [3.8, 4) is 0 Å². The van der Waals surface area contributed by atoms with Gasteiger partial charge in [-0.1, -0.05) is 18.2 Å². The molecule has 4 nitrogen and oxygen atoms in total. The minimum atomic E-state index is 0. The Morgan fingerprint density at radius 1 is 1.00 bits per heavy atom. The van der Waals surface area contributed by atoms with Gasteiger partial charge in [0.2, 0.25) is 0 Å². The predicted molar refractivity (Wildman–Crippen MR) is 87.0 cm³/mol. The zero-order chi connectivity index (χ0) is 12.2. The molecule has 1 aliphatic heterocycles. The van der Waals surface area contributed by atoms with E-state index in [-0.39, 0.29) is 24.8 Å². The van der Waals surface area contributed by atoms with Crippen LogP contribution in [0.4, 0.5) is 5.69 Å². The third-order valence-electron chi connectivity index (χ3n) is 3.44. The number of imidazole rings is 1. The van der Waals surface area contributed by atoms with Crippen LogP contribution in [0.15, 0.2) is 42.9 Å². The first-order valence-electron chi connectivity index (χ1n) is 6.41. The van der Waals surface area contributed by atoms with Crippen LogP contribution in [0.2, 0.25) is 0 Å². The fourth-order valence-corrected chi connectivity index (χ4v) is 2.42. The molecule has 1 aromatic carbocycles.